The minimum atomic E-state index is -0.317. The lowest BCUT2D eigenvalue weighted by Crippen LogP contribution is -2.32. The Hall–Kier alpha value is -2.39. The van der Waals surface area contributed by atoms with Gasteiger partial charge in [0.1, 0.15) is 17.5 Å². The van der Waals surface area contributed by atoms with Gasteiger partial charge in [-0.05, 0) is 70.4 Å². The Balaban J connectivity index is 1.53. The molecule has 0 aliphatic rings. The Morgan fingerprint density at radius 3 is 2.67 bits per heavy atom. The Morgan fingerprint density at radius 1 is 1.06 bits per heavy atom. The predicted octanol–water partition coefficient (Wildman–Crippen LogP) is 6.18. The van der Waals surface area contributed by atoms with Gasteiger partial charge in [0.2, 0.25) is 0 Å². The van der Waals surface area contributed by atoms with Crippen molar-refractivity contribution in [1.82, 2.24) is 19.7 Å². The summed E-state index contributed by atoms with van der Waals surface area (Å²) in [6, 6.07) is 16.7. The quantitative estimate of drug-likeness (QED) is 0.220. The van der Waals surface area contributed by atoms with E-state index in [1.807, 2.05) is 42.5 Å². The molecule has 2 aromatic heterocycles. The van der Waals surface area contributed by atoms with Crippen molar-refractivity contribution in [2.75, 3.05) is 24.5 Å². The van der Waals surface area contributed by atoms with E-state index in [0.717, 1.165) is 54.3 Å². The molecular weight excluding hydrogens is 525 g/mol. The van der Waals surface area contributed by atoms with Crippen molar-refractivity contribution in [2.45, 2.75) is 6.42 Å². The van der Waals surface area contributed by atoms with Crippen LogP contribution in [0.2, 0.25) is 5.02 Å². The summed E-state index contributed by atoms with van der Waals surface area (Å²) >= 11 is 13.8. The second-order valence-corrected chi connectivity index (χ2v) is 8.99. The van der Waals surface area contributed by atoms with E-state index >= 15 is 0 Å². The SMILES string of the molecule is Fc1cc(-c2cnc(-c3ccc(Cl)c(CCN(CCNS)c4ccccn4)c3)[nH]2)ccc1Br. The van der Waals surface area contributed by atoms with E-state index in [1.54, 1.807) is 18.5 Å². The zero-order chi connectivity index (χ0) is 23.2. The van der Waals surface area contributed by atoms with Gasteiger partial charge in [-0.1, -0.05) is 36.5 Å². The van der Waals surface area contributed by atoms with Crippen LogP contribution in [0.3, 0.4) is 0 Å². The minimum absolute atomic E-state index is 0.317. The van der Waals surface area contributed by atoms with E-state index in [-0.39, 0.29) is 5.82 Å². The molecule has 0 spiro atoms. The van der Waals surface area contributed by atoms with Crippen LogP contribution in [-0.2, 0) is 6.42 Å². The van der Waals surface area contributed by atoms with Crippen LogP contribution in [-0.4, -0.2) is 34.6 Å². The highest BCUT2D eigenvalue weighted by atomic mass is 79.9. The summed E-state index contributed by atoms with van der Waals surface area (Å²) in [5, 5.41) is 0.703. The number of hydrogen-bond acceptors (Lipinski definition) is 5. The molecule has 33 heavy (non-hydrogen) atoms. The number of hydrogen-bond donors (Lipinski definition) is 3. The van der Waals surface area contributed by atoms with E-state index in [9.17, 15) is 4.39 Å². The first-order valence-electron chi connectivity index (χ1n) is 10.4. The van der Waals surface area contributed by atoms with Gasteiger partial charge in [0.15, 0.2) is 0 Å². The third kappa shape index (κ3) is 5.95. The highest BCUT2D eigenvalue weighted by molar-refractivity contribution is 9.10. The molecule has 2 aromatic carbocycles. The summed E-state index contributed by atoms with van der Waals surface area (Å²) in [6.45, 7) is 2.24. The van der Waals surface area contributed by atoms with Crippen molar-refractivity contribution in [1.29, 1.82) is 0 Å². The molecule has 0 bridgehead atoms. The number of rotatable bonds is 9. The highest BCUT2D eigenvalue weighted by Crippen LogP contribution is 2.28. The molecule has 0 radical (unpaired) electrons. The fraction of sp³-hybridized carbons (Fsp3) is 0.167. The van der Waals surface area contributed by atoms with Gasteiger partial charge in [-0.25, -0.2) is 14.4 Å². The highest BCUT2D eigenvalue weighted by Gasteiger charge is 2.12. The second-order valence-electron chi connectivity index (χ2n) is 7.41. The number of imidazole rings is 1. The summed E-state index contributed by atoms with van der Waals surface area (Å²) < 4.78 is 17.2. The summed E-state index contributed by atoms with van der Waals surface area (Å²) in [5.74, 6) is 1.29. The molecule has 2 N–H and O–H groups in total. The lowest BCUT2D eigenvalue weighted by molar-refractivity contribution is 0.621. The predicted molar refractivity (Wildman–Crippen MR) is 139 cm³/mol. The number of halogens is 3. The monoisotopic (exact) mass is 545 g/mol. The number of thiol groups is 1. The van der Waals surface area contributed by atoms with E-state index in [2.05, 4.69) is 53.3 Å². The first-order valence-corrected chi connectivity index (χ1v) is 12.0. The third-order valence-electron chi connectivity index (χ3n) is 5.24. The van der Waals surface area contributed by atoms with Gasteiger partial charge in [0, 0.05) is 42.0 Å². The van der Waals surface area contributed by atoms with E-state index in [1.165, 1.54) is 6.07 Å². The van der Waals surface area contributed by atoms with Crippen LogP contribution >= 0.6 is 40.3 Å². The molecule has 5 nitrogen and oxygen atoms in total. The van der Waals surface area contributed by atoms with Crippen LogP contribution in [0.25, 0.3) is 22.6 Å². The molecule has 0 atom stereocenters. The molecule has 9 heteroatoms. The maximum absolute atomic E-state index is 13.9. The maximum atomic E-state index is 13.9. The minimum Gasteiger partial charge on any atom is -0.355 e. The fourth-order valence-electron chi connectivity index (χ4n) is 3.51. The Morgan fingerprint density at radius 2 is 1.91 bits per heavy atom. The van der Waals surface area contributed by atoms with E-state index in [4.69, 9.17) is 11.6 Å². The van der Waals surface area contributed by atoms with Crippen LogP contribution in [0, 0.1) is 5.82 Å². The van der Waals surface area contributed by atoms with Crippen molar-refractivity contribution < 1.29 is 4.39 Å². The normalized spacial score (nSPS) is 11.0. The zero-order valence-corrected chi connectivity index (χ0v) is 20.8. The number of aromatic nitrogens is 3. The maximum Gasteiger partial charge on any atom is 0.138 e. The third-order valence-corrected chi connectivity index (χ3v) is 6.48. The topological polar surface area (TPSA) is 56.8 Å². The molecule has 0 aliphatic carbocycles. The van der Waals surface area contributed by atoms with Crippen LogP contribution in [0.15, 0.2) is 71.5 Å². The smallest absolute Gasteiger partial charge is 0.138 e. The average Bonchev–Trinajstić information content (AvgIpc) is 3.33. The zero-order valence-electron chi connectivity index (χ0n) is 17.6. The molecule has 0 amide bonds. The standard InChI is InChI=1S/C24H22BrClFN5S/c25-19-6-4-17(14-21(19)27)22-15-29-24(31-22)18-5-7-20(26)16(13-18)8-11-32(12-10-30-33)23-3-1-2-9-28-23/h1-7,9,13-15,30,33H,8,10-12H2,(H,29,31). The number of aromatic amines is 1. The number of H-pyrrole nitrogens is 1. The Labute approximate surface area is 211 Å². The van der Waals surface area contributed by atoms with Gasteiger partial charge in [-0.15, -0.1) is 0 Å². The van der Waals surface area contributed by atoms with E-state index < -0.39 is 0 Å². The average molecular weight is 547 g/mol. The van der Waals surface area contributed by atoms with Gasteiger partial charge in [0.25, 0.3) is 0 Å². The van der Waals surface area contributed by atoms with Crippen molar-refractivity contribution >= 4 is 46.2 Å². The second kappa shape index (κ2) is 11.2. The van der Waals surface area contributed by atoms with Gasteiger partial charge in [-0.2, -0.15) is 0 Å². The van der Waals surface area contributed by atoms with Crippen molar-refractivity contribution in [3.8, 4) is 22.6 Å². The van der Waals surface area contributed by atoms with Crippen LogP contribution in [0.4, 0.5) is 10.2 Å². The van der Waals surface area contributed by atoms with Crippen LogP contribution in [0.5, 0.6) is 0 Å². The summed E-state index contributed by atoms with van der Waals surface area (Å²) in [5.41, 5.74) is 3.40. The molecule has 0 unspecified atom stereocenters. The van der Waals surface area contributed by atoms with Crippen molar-refractivity contribution in [2.24, 2.45) is 0 Å². The molecule has 0 fully saturated rings. The lowest BCUT2D eigenvalue weighted by Gasteiger charge is -2.23. The number of benzene rings is 2. The number of pyridine rings is 1. The lowest BCUT2D eigenvalue weighted by atomic mass is 10.1. The van der Waals surface area contributed by atoms with Gasteiger partial charge in [-0.3, -0.25) is 4.72 Å². The molecule has 0 aliphatic heterocycles. The molecule has 170 valence electrons. The fourth-order valence-corrected chi connectivity index (χ4v) is 4.07. The van der Waals surface area contributed by atoms with Crippen molar-refractivity contribution in [3.05, 3.63) is 87.9 Å². The number of nitrogens with one attached hydrogen (secondary N) is 2. The summed E-state index contributed by atoms with van der Waals surface area (Å²) in [4.78, 5) is 14.4. The molecule has 4 aromatic rings. The van der Waals surface area contributed by atoms with Gasteiger partial charge < -0.3 is 9.88 Å². The molecule has 4 rings (SSSR count). The number of anilines is 1. The molecule has 0 saturated carbocycles. The molecule has 2 heterocycles. The summed E-state index contributed by atoms with van der Waals surface area (Å²) in [7, 11) is 0. The first-order chi connectivity index (χ1) is 16.0. The number of nitrogens with zero attached hydrogens (tertiary/aromatic N) is 3. The van der Waals surface area contributed by atoms with Crippen LogP contribution < -0.4 is 9.62 Å². The summed E-state index contributed by atoms with van der Waals surface area (Å²) in [6.07, 6.45) is 4.23. The Bertz CT molecular complexity index is 1220. The molecule has 0 saturated heterocycles. The largest absolute Gasteiger partial charge is 0.355 e. The van der Waals surface area contributed by atoms with Gasteiger partial charge >= 0.3 is 0 Å². The molecular formula is C24H22BrClFN5S. The van der Waals surface area contributed by atoms with Gasteiger partial charge in [0.05, 0.1) is 16.4 Å². The Kier molecular flexibility index (Phi) is 8.03. The van der Waals surface area contributed by atoms with Crippen LogP contribution in [0.1, 0.15) is 5.56 Å². The van der Waals surface area contributed by atoms with Crippen molar-refractivity contribution in [3.63, 3.8) is 0 Å². The van der Waals surface area contributed by atoms with E-state index in [0.29, 0.717) is 15.3 Å². The first kappa shape index (κ1) is 23.8.